The molecule has 296 valence electrons. The van der Waals surface area contributed by atoms with E-state index in [2.05, 4.69) is 98.2 Å². The molecule has 0 saturated heterocycles. The molecule has 0 spiro atoms. The Morgan fingerprint density at radius 1 is 0.615 bits per heavy atom. The van der Waals surface area contributed by atoms with E-state index in [1.54, 1.807) is 0 Å². The zero-order chi connectivity index (χ0) is 38.2. The van der Waals surface area contributed by atoms with Gasteiger partial charge >= 0.3 is 13.8 Å². The summed E-state index contributed by atoms with van der Waals surface area (Å²) in [6.45, 7) is 3.28. The quantitative estimate of drug-likeness (QED) is 0.0253. The van der Waals surface area contributed by atoms with Gasteiger partial charge < -0.3 is 20.1 Å². The number of phosphoric acid groups is 1. The van der Waals surface area contributed by atoms with Gasteiger partial charge in [-0.1, -0.05) is 131 Å². The van der Waals surface area contributed by atoms with Crippen molar-refractivity contribution in [1.82, 2.24) is 5.32 Å². The monoisotopic (exact) mass is 747 g/mol. The van der Waals surface area contributed by atoms with Gasteiger partial charge in [0.2, 0.25) is 5.91 Å². The van der Waals surface area contributed by atoms with Crippen LogP contribution >= 0.6 is 7.82 Å². The summed E-state index contributed by atoms with van der Waals surface area (Å²) in [6, 6.07) is 0. The van der Waals surface area contributed by atoms with E-state index in [9.17, 15) is 24.2 Å². The molecule has 0 aromatic carbocycles. The number of phosphoric ester groups is 1. The van der Waals surface area contributed by atoms with E-state index in [0.29, 0.717) is 12.8 Å². The van der Waals surface area contributed by atoms with Crippen molar-refractivity contribution in [2.75, 3.05) is 26.4 Å². The van der Waals surface area contributed by atoms with Gasteiger partial charge in [0.25, 0.3) is 0 Å². The molecule has 0 aliphatic rings. The van der Waals surface area contributed by atoms with Crippen molar-refractivity contribution >= 4 is 19.7 Å². The number of unbranched alkanes of at least 4 members (excludes halogenated alkanes) is 8. The molecule has 10 heteroatoms. The molecule has 2 atom stereocenters. The predicted molar refractivity (Wildman–Crippen MR) is 215 cm³/mol. The highest BCUT2D eigenvalue weighted by atomic mass is 31.2. The van der Waals surface area contributed by atoms with Crippen molar-refractivity contribution in [2.45, 2.75) is 142 Å². The summed E-state index contributed by atoms with van der Waals surface area (Å²) in [4.78, 5) is 33.8. The summed E-state index contributed by atoms with van der Waals surface area (Å²) >= 11 is 0. The van der Waals surface area contributed by atoms with Gasteiger partial charge in [0.05, 0.1) is 13.2 Å². The molecular weight excluding hydrogens is 677 g/mol. The maximum Gasteiger partial charge on any atom is 0.472 e. The van der Waals surface area contributed by atoms with Gasteiger partial charge in [-0.25, -0.2) is 4.57 Å². The smallest absolute Gasteiger partial charge is 0.463 e. The minimum Gasteiger partial charge on any atom is -0.463 e. The van der Waals surface area contributed by atoms with E-state index in [0.717, 1.165) is 83.5 Å². The van der Waals surface area contributed by atoms with Crippen molar-refractivity contribution in [1.29, 1.82) is 0 Å². The third-order valence-electron chi connectivity index (χ3n) is 7.56. The number of nitrogens with one attached hydrogen (secondary N) is 1. The molecule has 3 N–H and O–H groups in total. The second-order valence-corrected chi connectivity index (χ2v) is 14.0. The number of hydrogen-bond donors (Lipinski definition) is 3. The minimum atomic E-state index is -4.43. The average Bonchev–Trinajstić information content (AvgIpc) is 3.13. The number of hydrogen-bond acceptors (Lipinski definition) is 7. The van der Waals surface area contributed by atoms with E-state index >= 15 is 0 Å². The number of esters is 1. The fourth-order valence-electron chi connectivity index (χ4n) is 4.61. The number of carbonyl (C=O) groups is 2. The Kier molecular flexibility index (Phi) is 35.9. The topological polar surface area (TPSA) is 131 Å². The van der Waals surface area contributed by atoms with E-state index in [4.69, 9.17) is 13.8 Å². The molecule has 0 aliphatic heterocycles. The van der Waals surface area contributed by atoms with Crippen LogP contribution in [0, 0.1) is 0 Å². The first-order valence-electron chi connectivity index (χ1n) is 19.6. The second-order valence-electron chi connectivity index (χ2n) is 12.5. The van der Waals surface area contributed by atoms with Crippen LogP contribution in [0.15, 0.2) is 85.1 Å². The summed E-state index contributed by atoms with van der Waals surface area (Å²) in [5.41, 5.74) is 0. The molecule has 0 rings (SSSR count). The number of allylic oxidation sites excluding steroid dienone is 14. The second kappa shape index (κ2) is 37.9. The summed E-state index contributed by atoms with van der Waals surface area (Å²) in [5, 5.41) is 12.6. The number of aliphatic hydroxyl groups excluding tert-OH is 1. The summed E-state index contributed by atoms with van der Waals surface area (Å²) in [6.07, 6.45) is 46.6. The Morgan fingerprint density at radius 3 is 1.69 bits per heavy atom. The minimum absolute atomic E-state index is 0.0622. The maximum atomic E-state index is 12.1. The first kappa shape index (κ1) is 49.2. The van der Waals surface area contributed by atoms with Crippen LogP contribution < -0.4 is 5.32 Å². The van der Waals surface area contributed by atoms with Crippen LogP contribution in [0.2, 0.25) is 0 Å². The molecule has 0 radical (unpaired) electrons. The Hall–Kier alpha value is -2.81. The SMILES string of the molecule is CC/C=C\C/C=C\C/C=C\C/C=C\C/C=C\CCCC(=O)OCC(O)COP(=O)(O)OCCNC(=O)CCCCCCC/C=C\C/C=C\CCCC. The lowest BCUT2D eigenvalue weighted by molar-refractivity contribution is -0.147. The summed E-state index contributed by atoms with van der Waals surface area (Å²) < 4.78 is 26.7. The van der Waals surface area contributed by atoms with Gasteiger partial charge in [0, 0.05) is 19.4 Å². The molecule has 0 bridgehead atoms. The van der Waals surface area contributed by atoms with Crippen LogP contribution in [0.5, 0.6) is 0 Å². The van der Waals surface area contributed by atoms with Gasteiger partial charge in [-0.15, -0.1) is 0 Å². The van der Waals surface area contributed by atoms with Crippen LogP contribution in [0.25, 0.3) is 0 Å². The van der Waals surface area contributed by atoms with Gasteiger partial charge in [-0.05, 0) is 77.0 Å². The number of amides is 1. The molecule has 0 aromatic rings. The molecule has 0 aliphatic carbocycles. The molecule has 2 unspecified atom stereocenters. The Labute approximate surface area is 315 Å². The number of ether oxygens (including phenoxy) is 1. The fraction of sp³-hybridized carbons (Fsp3) is 0.619. The lowest BCUT2D eigenvalue weighted by atomic mass is 10.1. The number of rotatable bonds is 35. The Balaban J connectivity index is 3.75. The molecular formula is C42H70NO8P. The molecule has 0 heterocycles. The Morgan fingerprint density at radius 2 is 1.12 bits per heavy atom. The zero-order valence-electron chi connectivity index (χ0n) is 32.2. The molecule has 0 saturated carbocycles. The first-order chi connectivity index (χ1) is 25.3. The van der Waals surface area contributed by atoms with Crippen LogP contribution in [0.3, 0.4) is 0 Å². The van der Waals surface area contributed by atoms with Gasteiger partial charge in [0.1, 0.15) is 12.7 Å². The largest absolute Gasteiger partial charge is 0.472 e. The standard InChI is InChI=1S/C42H70NO8P/c1-3-5-7-9-11-13-15-17-19-20-21-23-25-27-29-31-33-35-42(46)49-38-40(44)39-51-52(47,48)50-37-36-43-41(45)34-32-30-28-26-24-22-18-16-14-12-10-8-6-4-2/h5,7,10-13,16-19,21,23,27,29,40,44H,3-4,6,8-9,14-15,20,22,24-26,28,30-39H2,1-2H3,(H,43,45)(H,47,48)/b7-5-,12-10-,13-11-,18-16-,19-17-,23-21-,29-27-. The van der Waals surface area contributed by atoms with Crippen molar-refractivity contribution < 1.29 is 37.9 Å². The Bertz CT molecular complexity index is 1130. The average molecular weight is 748 g/mol. The lowest BCUT2D eigenvalue weighted by Crippen LogP contribution is -2.27. The summed E-state index contributed by atoms with van der Waals surface area (Å²) in [5.74, 6) is -0.600. The van der Waals surface area contributed by atoms with Crippen LogP contribution in [-0.2, 0) is 27.9 Å². The van der Waals surface area contributed by atoms with Crippen molar-refractivity contribution in [2.24, 2.45) is 0 Å². The van der Waals surface area contributed by atoms with Crippen molar-refractivity contribution in [3.63, 3.8) is 0 Å². The van der Waals surface area contributed by atoms with Crippen LogP contribution in [0.1, 0.15) is 136 Å². The molecule has 0 fully saturated rings. The molecule has 1 amide bonds. The number of aliphatic hydroxyl groups is 1. The maximum absolute atomic E-state index is 12.1. The highest BCUT2D eigenvalue weighted by Crippen LogP contribution is 2.42. The van der Waals surface area contributed by atoms with Crippen molar-refractivity contribution in [3.8, 4) is 0 Å². The summed E-state index contributed by atoms with van der Waals surface area (Å²) in [7, 11) is -4.43. The van der Waals surface area contributed by atoms with Gasteiger partial charge in [-0.3, -0.25) is 18.6 Å². The normalized spacial score (nSPS) is 14.3. The van der Waals surface area contributed by atoms with E-state index < -0.39 is 26.5 Å². The number of carbonyl (C=O) groups excluding carboxylic acids is 2. The fourth-order valence-corrected chi connectivity index (χ4v) is 5.36. The van der Waals surface area contributed by atoms with E-state index in [1.807, 2.05) is 6.08 Å². The highest BCUT2D eigenvalue weighted by molar-refractivity contribution is 7.47. The zero-order valence-corrected chi connectivity index (χ0v) is 33.1. The van der Waals surface area contributed by atoms with Crippen LogP contribution in [0.4, 0.5) is 0 Å². The van der Waals surface area contributed by atoms with Crippen LogP contribution in [-0.4, -0.2) is 54.3 Å². The lowest BCUT2D eigenvalue weighted by Gasteiger charge is -2.15. The first-order valence-corrected chi connectivity index (χ1v) is 21.1. The molecule has 9 nitrogen and oxygen atoms in total. The third-order valence-corrected chi connectivity index (χ3v) is 8.54. The van der Waals surface area contributed by atoms with Crippen molar-refractivity contribution in [3.05, 3.63) is 85.1 Å². The van der Waals surface area contributed by atoms with E-state index in [-0.39, 0.29) is 32.1 Å². The highest BCUT2D eigenvalue weighted by Gasteiger charge is 2.23. The molecule has 52 heavy (non-hydrogen) atoms. The van der Waals surface area contributed by atoms with E-state index in [1.165, 1.54) is 19.3 Å². The molecule has 0 aromatic heterocycles. The third kappa shape index (κ3) is 38.4. The van der Waals surface area contributed by atoms with Gasteiger partial charge in [0.15, 0.2) is 0 Å². The predicted octanol–water partition coefficient (Wildman–Crippen LogP) is 10.5. The van der Waals surface area contributed by atoms with Gasteiger partial charge in [-0.2, -0.15) is 0 Å².